The van der Waals surface area contributed by atoms with Crippen LogP contribution in [0.15, 0.2) is 40.9 Å². The number of para-hydroxylation sites is 1. The van der Waals surface area contributed by atoms with Crippen LogP contribution in [0.25, 0.3) is 0 Å². The van der Waals surface area contributed by atoms with Crippen LogP contribution in [0.3, 0.4) is 0 Å². The fourth-order valence-corrected chi connectivity index (χ4v) is 2.94. The zero-order valence-electron chi connectivity index (χ0n) is 12.7. The number of ether oxygens (including phenoxy) is 1. The third-order valence-corrected chi connectivity index (χ3v) is 4.89. The minimum atomic E-state index is -0.836. The van der Waals surface area contributed by atoms with E-state index in [0.717, 1.165) is 10.0 Å². The summed E-state index contributed by atoms with van der Waals surface area (Å²) in [4.78, 5) is 24.6. The van der Waals surface area contributed by atoms with Crippen LogP contribution < -0.4 is 15.4 Å². The molecule has 2 aromatic carbocycles. The Hall–Kier alpha value is -2.05. The van der Waals surface area contributed by atoms with Crippen LogP contribution in [-0.2, 0) is 9.59 Å². The first-order chi connectivity index (χ1) is 11.5. The third-order valence-electron chi connectivity index (χ3n) is 3.66. The number of rotatable bonds is 2. The topological polar surface area (TPSA) is 67.4 Å². The predicted molar refractivity (Wildman–Crippen MR) is 95.3 cm³/mol. The number of nitrogens with one attached hydrogen (secondary N) is 2. The number of aryl methyl sites for hydroxylation is 1. The molecule has 3 rings (SSSR count). The van der Waals surface area contributed by atoms with Crippen LogP contribution >= 0.6 is 27.5 Å². The van der Waals surface area contributed by atoms with Gasteiger partial charge in [-0.05, 0) is 46.6 Å². The Balaban J connectivity index is 1.92. The van der Waals surface area contributed by atoms with E-state index in [1.54, 1.807) is 24.3 Å². The molecule has 2 aromatic rings. The highest BCUT2D eigenvalue weighted by atomic mass is 79.9. The first-order valence-corrected chi connectivity index (χ1v) is 8.40. The summed E-state index contributed by atoms with van der Waals surface area (Å²) in [5.74, 6) is -0.150. The van der Waals surface area contributed by atoms with Gasteiger partial charge in [-0.3, -0.25) is 9.59 Å². The van der Waals surface area contributed by atoms with Crippen molar-refractivity contribution in [2.45, 2.75) is 13.0 Å². The molecule has 0 fully saturated rings. The Morgan fingerprint density at radius 2 is 2.17 bits per heavy atom. The monoisotopic (exact) mass is 408 g/mol. The molecule has 0 saturated carbocycles. The van der Waals surface area contributed by atoms with Crippen molar-refractivity contribution in [1.29, 1.82) is 0 Å². The zero-order chi connectivity index (χ0) is 17.3. The average Bonchev–Trinajstić information content (AvgIpc) is 2.71. The van der Waals surface area contributed by atoms with Gasteiger partial charge in [0.05, 0.1) is 5.02 Å². The number of carbonyl (C=O) groups is 2. The molecule has 24 heavy (non-hydrogen) atoms. The van der Waals surface area contributed by atoms with Crippen molar-refractivity contribution < 1.29 is 14.3 Å². The van der Waals surface area contributed by atoms with Crippen molar-refractivity contribution in [1.82, 2.24) is 5.32 Å². The van der Waals surface area contributed by atoms with E-state index in [-0.39, 0.29) is 18.4 Å². The molecule has 0 aromatic heterocycles. The molecule has 1 unspecified atom stereocenters. The molecule has 2 amide bonds. The van der Waals surface area contributed by atoms with Crippen LogP contribution in [0.4, 0.5) is 5.69 Å². The molecule has 1 aliphatic rings. The summed E-state index contributed by atoms with van der Waals surface area (Å²) in [5.41, 5.74) is 2.04. The molecule has 7 heteroatoms. The lowest BCUT2D eigenvalue weighted by Gasteiger charge is -2.18. The highest BCUT2D eigenvalue weighted by Gasteiger charge is 2.29. The first kappa shape index (κ1) is 16.8. The Morgan fingerprint density at radius 3 is 2.92 bits per heavy atom. The van der Waals surface area contributed by atoms with E-state index in [1.165, 1.54) is 0 Å². The van der Waals surface area contributed by atoms with E-state index in [9.17, 15) is 9.59 Å². The predicted octanol–water partition coefficient (Wildman–Crippen LogP) is 3.60. The minimum Gasteiger partial charge on any atom is -0.483 e. The number of amides is 2. The van der Waals surface area contributed by atoms with Gasteiger partial charge in [-0.25, -0.2) is 0 Å². The van der Waals surface area contributed by atoms with Gasteiger partial charge in [-0.1, -0.05) is 29.8 Å². The number of hydrogen-bond acceptors (Lipinski definition) is 3. The quantitative estimate of drug-likeness (QED) is 0.796. The largest absolute Gasteiger partial charge is 0.483 e. The van der Waals surface area contributed by atoms with Gasteiger partial charge in [-0.2, -0.15) is 0 Å². The molecule has 0 bridgehead atoms. The van der Waals surface area contributed by atoms with Crippen LogP contribution in [-0.4, -0.2) is 18.4 Å². The van der Waals surface area contributed by atoms with E-state index in [2.05, 4.69) is 26.6 Å². The van der Waals surface area contributed by atoms with Crippen LogP contribution in [0, 0.1) is 6.92 Å². The van der Waals surface area contributed by atoms with Gasteiger partial charge in [-0.15, -0.1) is 0 Å². The zero-order valence-corrected chi connectivity index (χ0v) is 15.1. The number of hydrogen-bond donors (Lipinski definition) is 2. The van der Waals surface area contributed by atoms with Gasteiger partial charge in [0.2, 0.25) is 0 Å². The van der Waals surface area contributed by atoms with E-state index in [1.807, 2.05) is 19.1 Å². The second-order valence-corrected chi connectivity index (χ2v) is 6.66. The van der Waals surface area contributed by atoms with E-state index in [0.29, 0.717) is 22.0 Å². The standard InChI is InChI=1S/C17H14BrClN2O3/c1-9-3-2-4-11-15(21-14(22)8-24-16(9)11)17(23)20-10-5-6-12(18)13(19)7-10/h2-7,15H,8H2,1H3,(H,20,23)(H,21,22). The highest BCUT2D eigenvalue weighted by molar-refractivity contribution is 9.10. The maximum Gasteiger partial charge on any atom is 0.258 e. The van der Waals surface area contributed by atoms with Crippen molar-refractivity contribution in [2.24, 2.45) is 0 Å². The summed E-state index contributed by atoms with van der Waals surface area (Å²) >= 11 is 9.35. The number of fused-ring (bicyclic) bond motifs is 1. The molecule has 124 valence electrons. The molecule has 5 nitrogen and oxygen atoms in total. The second-order valence-electron chi connectivity index (χ2n) is 5.40. The Morgan fingerprint density at radius 1 is 1.38 bits per heavy atom. The van der Waals surface area contributed by atoms with Gasteiger partial charge in [0.1, 0.15) is 11.8 Å². The minimum absolute atomic E-state index is 0.119. The maximum absolute atomic E-state index is 12.7. The summed E-state index contributed by atoms with van der Waals surface area (Å²) in [7, 11) is 0. The average molecular weight is 410 g/mol. The van der Waals surface area contributed by atoms with E-state index in [4.69, 9.17) is 16.3 Å². The first-order valence-electron chi connectivity index (χ1n) is 7.23. The molecule has 1 atom stereocenters. The SMILES string of the molecule is Cc1cccc2c1OCC(=O)NC2C(=O)Nc1ccc(Br)c(Cl)c1. The summed E-state index contributed by atoms with van der Waals surface area (Å²) in [6, 6.07) is 9.73. The van der Waals surface area contributed by atoms with Crippen LogP contribution in [0.1, 0.15) is 17.2 Å². The number of anilines is 1. The Labute approximate surface area is 152 Å². The molecule has 2 N–H and O–H groups in total. The van der Waals surface area contributed by atoms with Crippen molar-refractivity contribution >= 4 is 45.0 Å². The lowest BCUT2D eigenvalue weighted by molar-refractivity contribution is -0.127. The van der Waals surface area contributed by atoms with Crippen molar-refractivity contribution in [3.8, 4) is 5.75 Å². The van der Waals surface area contributed by atoms with Crippen molar-refractivity contribution in [3.05, 3.63) is 57.0 Å². The van der Waals surface area contributed by atoms with E-state index < -0.39 is 6.04 Å². The fraction of sp³-hybridized carbons (Fsp3) is 0.176. The van der Waals surface area contributed by atoms with Crippen molar-refractivity contribution in [3.63, 3.8) is 0 Å². The number of carbonyl (C=O) groups excluding carboxylic acids is 2. The van der Waals surface area contributed by atoms with Crippen LogP contribution in [0.5, 0.6) is 5.75 Å². The molecular formula is C17H14BrClN2O3. The Bertz CT molecular complexity index is 825. The lowest BCUT2D eigenvalue weighted by atomic mass is 10.0. The van der Waals surface area contributed by atoms with Gasteiger partial charge < -0.3 is 15.4 Å². The molecule has 1 aliphatic heterocycles. The molecule has 0 spiro atoms. The third kappa shape index (κ3) is 3.39. The molecule has 0 saturated heterocycles. The van der Waals surface area contributed by atoms with Crippen molar-refractivity contribution in [2.75, 3.05) is 11.9 Å². The van der Waals surface area contributed by atoms with Gasteiger partial charge in [0.15, 0.2) is 6.61 Å². The lowest BCUT2D eigenvalue weighted by Crippen LogP contribution is -2.37. The van der Waals surface area contributed by atoms with E-state index >= 15 is 0 Å². The highest BCUT2D eigenvalue weighted by Crippen LogP contribution is 2.32. The molecule has 0 radical (unpaired) electrons. The maximum atomic E-state index is 12.7. The smallest absolute Gasteiger partial charge is 0.258 e. The van der Waals surface area contributed by atoms with Gasteiger partial charge in [0, 0.05) is 15.7 Å². The van der Waals surface area contributed by atoms with Crippen LogP contribution in [0.2, 0.25) is 5.02 Å². The summed E-state index contributed by atoms with van der Waals surface area (Å²) in [6.07, 6.45) is 0. The summed E-state index contributed by atoms with van der Waals surface area (Å²) < 4.78 is 6.27. The summed E-state index contributed by atoms with van der Waals surface area (Å²) in [5, 5.41) is 5.95. The second kappa shape index (κ2) is 6.83. The molecule has 1 heterocycles. The van der Waals surface area contributed by atoms with Gasteiger partial charge in [0.25, 0.3) is 11.8 Å². The molecule has 0 aliphatic carbocycles. The number of benzene rings is 2. The normalized spacial score (nSPS) is 16.5. The van der Waals surface area contributed by atoms with Gasteiger partial charge >= 0.3 is 0 Å². The summed E-state index contributed by atoms with van der Waals surface area (Å²) in [6.45, 7) is 1.75. The molecular weight excluding hydrogens is 396 g/mol. The fourth-order valence-electron chi connectivity index (χ4n) is 2.51. The number of halogens is 2. The Kier molecular flexibility index (Phi) is 4.78.